The molecule has 1 aromatic carbocycles. The number of carbonyl (C=O) groups is 2. The molecule has 0 aliphatic carbocycles. The summed E-state index contributed by atoms with van der Waals surface area (Å²) in [6.45, 7) is 1.97. The first-order chi connectivity index (χ1) is 10.1. The second kappa shape index (κ2) is 7.04. The predicted octanol–water partition coefficient (Wildman–Crippen LogP) is 2.74. The number of hydrogen-bond acceptors (Lipinski definition) is 3. The number of carboxylic acid groups (broad SMARTS) is 1. The van der Waals surface area contributed by atoms with Crippen LogP contribution in [0.5, 0.6) is 0 Å². The minimum atomic E-state index is -1.03. The zero-order valence-electron chi connectivity index (χ0n) is 11.7. The molecular formula is C16H17NO3S. The molecule has 4 nitrogen and oxygen atoms in total. The van der Waals surface area contributed by atoms with Crippen molar-refractivity contribution >= 4 is 23.2 Å². The van der Waals surface area contributed by atoms with Crippen LogP contribution in [0.3, 0.4) is 0 Å². The summed E-state index contributed by atoms with van der Waals surface area (Å²) in [4.78, 5) is 24.2. The van der Waals surface area contributed by atoms with Crippen LogP contribution in [0.4, 0.5) is 0 Å². The van der Waals surface area contributed by atoms with Crippen molar-refractivity contribution in [2.24, 2.45) is 0 Å². The molecule has 0 aliphatic heterocycles. The molecule has 1 aromatic heterocycles. The molecule has 0 fully saturated rings. The van der Waals surface area contributed by atoms with Gasteiger partial charge in [-0.15, -0.1) is 11.3 Å². The molecular weight excluding hydrogens is 286 g/mol. The van der Waals surface area contributed by atoms with Gasteiger partial charge >= 0.3 is 5.97 Å². The Morgan fingerprint density at radius 1 is 1.24 bits per heavy atom. The van der Waals surface area contributed by atoms with Crippen LogP contribution < -0.4 is 5.32 Å². The lowest BCUT2D eigenvalue weighted by Crippen LogP contribution is -2.42. The molecule has 1 atom stereocenters. The van der Waals surface area contributed by atoms with Crippen molar-refractivity contribution in [1.82, 2.24) is 5.32 Å². The van der Waals surface area contributed by atoms with Crippen molar-refractivity contribution in [3.05, 3.63) is 57.8 Å². The molecule has 0 aliphatic rings. The highest BCUT2D eigenvalue weighted by Gasteiger charge is 2.22. The Hall–Kier alpha value is -2.14. The number of carboxylic acids is 1. The number of hydrogen-bond donors (Lipinski definition) is 2. The fourth-order valence-electron chi connectivity index (χ4n) is 2.09. The lowest BCUT2D eigenvalue weighted by Gasteiger charge is -2.14. The normalized spacial score (nSPS) is 11.9. The van der Waals surface area contributed by atoms with E-state index in [0.29, 0.717) is 4.88 Å². The maximum atomic E-state index is 12.2. The van der Waals surface area contributed by atoms with Gasteiger partial charge in [-0.25, -0.2) is 4.79 Å². The van der Waals surface area contributed by atoms with Gasteiger partial charge in [0, 0.05) is 6.42 Å². The van der Waals surface area contributed by atoms with Gasteiger partial charge in [-0.1, -0.05) is 37.3 Å². The van der Waals surface area contributed by atoms with Gasteiger partial charge in [0.1, 0.15) is 6.04 Å². The summed E-state index contributed by atoms with van der Waals surface area (Å²) in [7, 11) is 0. The summed E-state index contributed by atoms with van der Waals surface area (Å²) in [5.74, 6) is -1.34. The molecule has 1 heterocycles. The van der Waals surface area contributed by atoms with Crippen molar-refractivity contribution in [2.45, 2.75) is 25.8 Å². The van der Waals surface area contributed by atoms with Gasteiger partial charge in [0.15, 0.2) is 0 Å². The number of amides is 1. The average molecular weight is 303 g/mol. The van der Waals surface area contributed by atoms with E-state index < -0.39 is 12.0 Å². The first kappa shape index (κ1) is 15.3. The Bertz CT molecular complexity index is 621. The Morgan fingerprint density at radius 2 is 1.95 bits per heavy atom. The van der Waals surface area contributed by atoms with Gasteiger partial charge in [0.05, 0.1) is 4.88 Å². The van der Waals surface area contributed by atoms with E-state index in [4.69, 9.17) is 0 Å². The third-order valence-electron chi connectivity index (χ3n) is 3.22. The van der Waals surface area contributed by atoms with E-state index in [9.17, 15) is 14.7 Å². The van der Waals surface area contributed by atoms with Gasteiger partial charge in [0.2, 0.25) is 0 Å². The number of aliphatic carboxylic acids is 1. The van der Waals surface area contributed by atoms with E-state index >= 15 is 0 Å². The third kappa shape index (κ3) is 3.92. The van der Waals surface area contributed by atoms with Crippen LogP contribution in [-0.4, -0.2) is 23.0 Å². The van der Waals surface area contributed by atoms with Gasteiger partial charge < -0.3 is 10.4 Å². The van der Waals surface area contributed by atoms with E-state index in [1.807, 2.05) is 48.7 Å². The van der Waals surface area contributed by atoms with Crippen LogP contribution in [-0.2, 0) is 17.6 Å². The second-order valence-electron chi connectivity index (χ2n) is 4.68. The minimum Gasteiger partial charge on any atom is -0.480 e. The van der Waals surface area contributed by atoms with Gasteiger partial charge in [-0.3, -0.25) is 4.79 Å². The lowest BCUT2D eigenvalue weighted by molar-refractivity contribution is -0.139. The number of thiophene rings is 1. The molecule has 0 radical (unpaired) electrons. The molecule has 0 unspecified atom stereocenters. The highest BCUT2D eigenvalue weighted by molar-refractivity contribution is 7.12. The van der Waals surface area contributed by atoms with Crippen molar-refractivity contribution in [1.29, 1.82) is 0 Å². The highest BCUT2D eigenvalue weighted by Crippen LogP contribution is 2.17. The summed E-state index contributed by atoms with van der Waals surface area (Å²) in [6, 6.07) is 10.3. The predicted molar refractivity (Wildman–Crippen MR) is 82.7 cm³/mol. The minimum absolute atomic E-state index is 0.273. The van der Waals surface area contributed by atoms with Crippen LogP contribution in [0.2, 0.25) is 0 Å². The van der Waals surface area contributed by atoms with E-state index in [1.165, 1.54) is 11.3 Å². The molecule has 5 heteroatoms. The highest BCUT2D eigenvalue weighted by atomic mass is 32.1. The molecule has 2 N–H and O–H groups in total. The van der Waals surface area contributed by atoms with Crippen LogP contribution in [0.1, 0.15) is 27.7 Å². The van der Waals surface area contributed by atoms with E-state index in [2.05, 4.69) is 5.32 Å². The van der Waals surface area contributed by atoms with Crippen molar-refractivity contribution < 1.29 is 14.7 Å². The van der Waals surface area contributed by atoms with E-state index in [0.717, 1.165) is 17.5 Å². The monoisotopic (exact) mass is 303 g/mol. The molecule has 0 bridgehead atoms. The molecule has 2 aromatic rings. The molecule has 1 amide bonds. The first-order valence-corrected chi connectivity index (χ1v) is 7.63. The van der Waals surface area contributed by atoms with Crippen LogP contribution in [0, 0.1) is 0 Å². The Kier molecular flexibility index (Phi) is 5.11. The fraction of sp³-hybridized carbons (Fsp3) is 0.250. The van der Waals surface area contributed by atoms with Crippen LogP contribution in [0.15, 0.2) is 41.8 Å². The van der Waals surface area contributed by atoms with Crippen LogP contribution >= 0.6 is 11.3 Å². The topological polar surface area (TPSA) is 66.4 Å². The Balaban J connectivity index is 2.10. The maximum absolute atomic E-state index is 12.2. The molecule has 110 valence electrons. The third-order valence-corrected chi connectivity index (χ3v) is 4.18. The SMILES string of the molecule is CCc1ccsc1C(=O)N[C@@H](Cc1ccccc1)C(=O)O. The summed E-state index contributed by atoms with van der Waals surface area (Å²) < 4.78 is 0. The maximum Gasteiger partial charge on any atom is 0.326 e. The van der Waals surface area contributed by atoms with E-state index in [1.54, 1.807) is 0 Å². The zero-order chi connectivity index (χ0) is 15.2. The number of benzene rings is 1. The Morgan fingerprint density at radius 3 is 2.57 bits per heavy atom. The lowest BCUT2D eigenvalue weighted by atomic mass is 10.1. The molecule has 0 spiro atoms. The summed E-state index contributed by atoms with van der Waals surface area (Å²) in [5, 5.41) is 13.8. The number of rotatable bonds is 6. The molecule has 0 saturated carbocycles. The summed E-state index contributed by atoms with van der Waals surface area (Å²) in [5.41, 5.74) is 1.83. The first-order valence-electron chi connectivity index (χ1n) is 6.75. The van der Waals surface area contributed by atoms with E-state index in [-0.39, 0.29) is 12.3 Å². The van der Waals surface area contributed by atoms with Gasteiger partial charge in [-0.05, 0) is 29.0 Å². The quantitative estimate of drug-likeness (QED) is 0.862. The summed E-state index contributed by atoms with van der Waals surface area (Å²) >= 11 is 1.34. The largest absolute Gasteiger partial charge is 0.480 e. The van der Waals surface area contributed by atoms with Crippen molar-refractivity contribution in [2.75, 3.05) is 0 Å². The van der Waals surface area contributed by atoms with Gasteiger partial charge in [-0.2, -0.15) is 0 Å². The van der Waals surface area contributed by atoms with Gasteiger partial charge in [0.25, 0.3) is 5.91 Å². The fourth-order valence-corrected chi connectivity index (χ4v) is 2.99. The number of nitrogens with one attached hydrogen (secondary N) is 1. The second-order valence-corrected chi connectivity index (χ2v) is 5.60. The number of aryl methyl sites for hydroxylation is 1. The molecule has 2 rings (SSSR count). The summed E-state index contributed by atoms with van der Waals surface area (Å²) in [6.07, 6.45) is 1.03. The average Bonchev–Trinajstić information content (AvgIpc) is 2.96. The van der Waals surface area contributed by atoms with Crippen molar-refractivity contribution in [3.63, 3.8) is 0 Å². The standard InChI is InChI=1S/C16H17NO3S/c1-2-12-8-9-21-14(12)15(18)17-13(16(19)20)10-11-6-4-3-5-7-11/h3-9,13H,2,10H2,1H3,(H,17,18)(H,19,20)/t13-/m0/s1. The zero-order valence-corrected chi connectivity index (χ0v) is 12.5. The van der Waals surface area contributed by atoms with Crippen molar-refractivity contribution in [3.8, 4) is 0 Å². The van der Waals surface area contributed by atoms with Crippen LogP contribution in [0.25, 0.3) is 0 Å². The molecule has 21 heavy (non-hydrogen) atoms. The Labute approximate surface area is 127 Å². The molecule has 0 saturated heterocycles. The smallest absolute Gasteiger partial charge is 0.326 e. The number of carbonyl (C=O) groups excluding carboxylic acids is 1.